The van der Waals surface area contributed by atoms with Crippen LogP contribution in [0.4, 0.5) is 15.8 Å². The minimum Gasteiger partial charge on any atom is -0.437 e. The van der Waals surface area contributed by atoms with Gasteiger partial charge < -0.3 is 9.73 Å². The van der Waals surface area contributed by atoms with Crippen molar-refractivity contribution in [2.24, 2.45) is 0 Å². The van der Waals surface area contributed by atoms with E-state index in [2.05, 4.69) is 15.0 Å². The average Bonchev–Trinajstić information content (AvgIpc) is 3.17. The van der Waals surface area contributed by atoms with Gasteiger partial charge in [-0.05, 0) is 60.7 Å². The molecule has 4 aromatic rings. The Bertz CT molecular complexity index is 1330. The molecule has 0 atom stereocenters. The Labute approximate surface area is 177 Å². The molecule has 7 nitrogen and oxygen atoms in total. The summed E-state index contributed by atoms with van der Waals surface area (Å²) in [5, 5.41) is 2.66. The molecule has 0 aliphatic heterocycles. The molecule has 2 N–H and O–H groups in total. The molecule has 0 aliphatic carbocycles. The van der Waals surface area contributed by atoms with Gasteiger partial charge in [-0.2, -0.15) is 0 Å². The van der Waals surface area contributed by atoms with E-state index in [4.69, 9.17) is 4.42 Å². The fourth-order valence-electron chi connectivity index (χ4n) is 2.74. The summed E-state index contributed by atoms with van der Waals surface area (Å²) >= 11 is 0. The summed E-state index contributed by atoms with van der Waals surface area (Å²) in [6.45, 7) is 0. The zero-order chi connectivity index (χ0) is 21.8. The molecule has 0 bridgehead atoms. The van der Waals surface area contributed by atoms with Crippen molar-refractivity contribution in [1.82, 2.24) is 4.98 Å². The number of hydrogen-bond acceptors (Lipinski definition) is 5. The van der Waals surface area contributed by atoms with Crippen LogP contribution in [0.2, 0.25) is 0 Å². The summed E-state index contributed by atoms with van der Waals surface area (Å²) < 4.78 is 45.6. The molecular formula is C22H16FN3O4S. The van der Waals surface area contributed by atoms with Crippen molar-refractivity contribution in [3.8, 4) is 0 Å². The van der Waals surface area contributed by atoms with E-state index in [0.717, 1.165) is 12.1 Å². The lowest BCUT2D eigenvalue weighted by Crippen LogP contribution is -2.13. The molecule has 4 rings (SSSR count). The largest absolute Gasteiger partial charge is 0.437 e. The first-order valence-electron chi connectivity index (χ1n) is 9.12. The Morgan fingerprint density at radius 3 is 2.32 bits per heavy atom. The normalized spacial score (nSPS) is 11.6. The van der Waals surface area contributed by atoms with Crippen LogP contribution in [0.3, 0.4) is 0 Å². The lowest BCUT2D eigenvalue weighted by atomic mass is 10.3. The van der Waals surface area contributed by atoms with Crippen molar-refractivity contribution < 1.29 is 22.0 Å². The topological polar surface area (TPSA) is 101 Å². The van der Waals surface area contributed by atoms with Crippen LogP contribution in [0.5, 0.6) is 0 Å². The second-order valence-electron chi connectivity index (χ2n) is 6.48. The zero-order valence-electron chi connectivity index (χ0n) is 15.9. The maximum absolute atomic E-state index is 13.0. The van der Waals surface area contributed by atoms with Crippen LogP contribution in [0.1, 0.15) is 5.89 Å². The maximum atomic E-state index is 13.0. The minimum absolute atomic E-state index is 0.0596. The predicted molar refractivity (Wildman–Crippen MR) is 115 cm³/mol. The maximum Gasteiger partial charge on any atom is 0.261 e. The Balaban J connectivity index is 1.38. The van der Waals surface area contributed by atoms with Gasteiger partial charge in [-0.1, -0.05) is 12.1 Å². The van der Waals surface area contributed by atoms with E-state index in [1.165, 1.54) is 36.4 Å². The molecule has 0 saturated carbocycles. The number of aromatic nitrogens is 1. The number of hydrogen-bond donors (Lipinski definition) is 2. The molecule has 1 heterocycles. The fraction of sp³-hybridized carbons (Fsp3) is 0. The third kappa shape index (κ3) is 4.96. The van der Waals surface area contributed by atoms with Gasteiger partial charge in [0.05, 0.1) is 4.90 Å². The zero-order valence-corrected chi connectivity index (χ0v) is 16.8. The molecular weight excluding hydrogens is 421 g/mol. The highest BCUT2D eigenvalue weighted by Gasteiger charge is 2.14. The summed E-state index contributed by atoms with van der Waals surface area (Å²) in [6, 6.07) is 17.9. The summed E-state index contributed by atoms with van der Waals surface area (Å²) in [7, 11) is -3.85. The number of oxazole rings is 1. The van der Waals surface area contributed by atoms with Crippen LogP contribution < -0.4 is 10.0 Å². The van der Waals surface area contributed by atoms with Crippen molar-refractivity contribution in [3.63, 3.8) is 0 Å². The molecule has 0 radical (unpaired) electrons. The number of fused-ring (bicyclic) bond motifs is 1. The number of halogens is 1. The Morgan fingerprint density at radius 1 is 0.935 bits per heavy atom. The Morgan fingerprint density at radius 2 is 1.61 bits per heavy atom. The molecule has 3 aromatic carbocycles. The third-order valence-corrected chi connectivity index (χ3v) is 5.61. The first kappa shape index (κ1) is 20.3. The van der Waals surface area contributed by atoms with Crippen LogP contribution in [0.15, 0.2) is 88.2 Å². The highest BCUT2D eigenvalue weighted by molar-refractivity contribution is 7.92. The van der Waals surface area contributed by atoms with Crippen LogP contribution in [0, 0.1) is 5.82 Å². The van der Waals surface area contributed by atoms with Crippen molar-refractivity contribution in [3.05, 3.63) is 90.6 Å². The van der Waals surface area contributed by atoms with E-state index in [0.29, 0.717) is 28.4 Å². The van der Waals surface area contributed by atoms with Crippen LogP contribution >= 0.6 is 0 Å². The van der Waals surface area contributed by atoms with Crippen LogP contribution in [0.25, 0.3) is 17.2 Å². The van der Waals surface area contributed by atoms with E-state index in [1.807, 2.05) is 18.2 Å². The van der Waals surface area contributed by atoms with Gasteiger partial charge in [0.1, 0.15) is 11.3 Å². The molecule has 9 heteroatoms. The number of rotatable bonds is 6. The Kier molecular flexibility index (Phi) is 5.50. The molecule has 0 fully saturated rings. The van der Waals surface area contributed by atoms with Gasteiger partial charge in [0.25, 0.3) is 10.0 Å². The third-order valence-electron chi connectivity index (χ3n) is 4.22. The second kappa shape index (κ2) is 8.41. The first-order valence-corrected chi connectivity index (χ1v) is 10.6. The number of nitrogens with zero attached hydrogens (tertiary/aromatic N) is 1. The first-order chi connectivity index (χ1) is 14.9. The molecule has 0 aliphatic rings. The SMILES string of the molecule is O=C(/C=C/c1nc2ccccc2o1)Nc1ccc(NS(=O)(=O)c2ccc(F)cc2)cc1. The molecule has 1 aromatic heterocycles. The molecule has 31 heavy (non-hydrogen) atoms. The molecule has 0 saturated heterocycles. The van der Waals surface area contributed by atoms with Gasteiger partial charge in [0.15, 0.2) is 5.58 Å². The van der Waals surface area contributed by atoms with Gasteiger partial charge in [-0.25, -0.2) is 17.8 Å². The molecule has 0 spiro atoms. The van der Waals surface area contributed by atoms with E-state index >= 15 is 0 Å². The molecule has 0 unspecified atom stereocenters. The number of carbonyl (C=O) groups excluding carboxylic acids is 1. The van der Waals surface area contributed by atoms with Gasteiger partial charge in [-0.15, -0.1) is 0 Å². The van der Waals surface area contributed by atoms with Crippen molar-refractivity contribution in [1.29, 1.82) is 0 Å². The molecule has 156 valence electrons. The number of benzene rings is 3. The lowest BCUT2D eigenvalue weighted by Gasteiger charge is -2.09. The minimum atomic E-state index is -3.85. The Hall–Kier alpha value is -3.98. The van der Waals surface area contributed by atoms with E-state index in [9.17, 15) is 17.6 Å². The highest BCUT2D eigenvalue weighted by atomic mass is 32.2. The van der Waals surface area contributed by atoms with Crippen molar-refractivity contribution in [2.45, 2.75) is 4.90 Å². The number of carbonyl (C=O) groups is 1. The van der Waals surface area contributed by atoms with E-state index < -0.39 is 21.7 Å². The summed E-state index contributed by atoms with van der Waals surface area (Å²) in [5.41, 5.74) is 2.09. The highest BCUT2D eigenvalue weighted by Crippen LogP contribution is 2.19. The van der Waals surface area contributed by atoms with Gasteiger partial charge in [0.2, 0.25) is 11.8 Å². The van der Waals surface area contributed by atoms with Gasteiger partial charge in [0, 0.05) is 23.5 Å². The monoisotopic (exact) mass is 437 g/mol. The number of amides is 1. The smallest absolute Gasteiger partial charge is 0.261 e. The van der Waals surface area contributed by atoms with E-state index in [-0.39, 0.29) is 4.90 Å². The molecule has 1 amide bonds. The van der Waals surface area contributed by atoms with E-state index in [1.54, 1.807) is 18.2 Å². The average molecular weight is 437 g/mol. The number of anilines is 2. The van der Waals surface area contributed by atoms with Crippen LogP contribution in [-0.2, 0) is 14.8 Å². The predicted octanol–water partition coefficient (Wildman–Crippen LogP) is 4.42. The number of nitrogens with one attached hydrogen (secondary N) is 2. The number of sulfonamides is 1. The number of para-hydroxylation sites is 2. The van der Waals surface area contributed by atoms with Gasteiger partial charge >= 0.3 is 0 Å². The lowest BCUT2D eigenvalue weighted by molar-refractivity contribution is -0.111. The van der Waals surface area contributed by atoms with Gasteiger partial charge in [-0.3, -0.25) is 9.52 Å². The van der Waals surface area contributed by atoms with Crippen LogP contribution in [-0.4, -0.2) is 19.3 Å². The summed E-state index contributed by atoms with van der Waals surface area (Å²) in [6.07, 6.45) is 2.75. The summed E-state index contributed by atoms with van der Waals surface area (Å²) in [4.78, 5) is 16.3. The second-order valence-corrected chi connectivity index (χ2v) is 8.16. The van der Waals surface area contributed by atoms with Crippen molar-refractivity contribution in [2.75, 3.05) is 10.0 Å². The quantitative estimate of drug-likeness (QED) is 0.435. The van der Waals surface area contributed by atoms with Crippen molar-refractivity contribution >= 4 is 44.5 Å². The fourth-order valence-corrected chi connectivity index (χ4v) is 3.80. The summed E-state index contributed by atoms with van der Waals surface area (Å²) in [5.74, 6) is -0.618. The standard InChI is InChI=1S/C22H16FN3O4S/c23-15-5-11-18(12-6-15)31(28,29)26-17-9-7-16(8-10-17)24-21(27)13-14-22-25-19-3-1-2-4-20(19)30-22/h1-14,26H,(H,24,27)/b14-13+.